The second kappa shape index (κ2) is 7.58. The van der Waals surface area contributed by atoms with Crippen LogP contribution in [0.1, 0.15) is 37.8 Å². The summed E-state index contributed by atoms with van der Waals surface area (Å²) in [5.74, 6) is 0.213. The van der Waals surface area contributed by atoms with Crippen LogP contribution in [-0.4, -0.2) is 6.04 Å². The van der Waals surface area contributed by atoms with E-state index in [0.29, 0.717) is 0 Å². The Balaban J connectivity index is 1.47. The van der Waals surface area contributed by atoms with Crippen molar-refractivity contribution in [3.05, 3.63) is 96.1 Å². The molecule has 0 aromatic heterocycles. The van der Waals surface area contributed by atoms with E-state index < -0.39 is 19.0 Å². The first-order valence-electron chi connectivity index (χ1n) is 11.3. The zero-order valence-corrected chi connectivity index (χ0v) is 19.5. The van der Waals surface area contributed by atoms with Crippen molar-refractivity contribution in [2.24, 2.45) is 11.3 Å². The molecule has 3 aromatic rings. The van der Waals surface area contributed by atoms with Gasteiger partial charge in [0.2, 0.25) is 7.29 Å². The molecule has 1 N–H and O–H groups in total. The van der Waals surface area contributed by atoms with E-state index >= 15 is 0 Å². The molecule has 2 saturated carbocycles. The first-order valence-corrected chi connectivity index (χ1v) is 13.0. The van der Waals surface area contributed by atoms with Gasteiger partial charge < -0.3 is 0 Å². The van der Waals surface area contributed by atoms with Crippen molar-refractivity contribution in [1.82, 2.24) is 5.09 Å². The van der Waals surface area contributed by atoms with Crippen LogP contribution in [0.3, 0.4) is 0 Å². The molecule has 5 rings (SSSR count). The van der Waals surface area contributed by atoms with Gasteiger partial charge in [0.05, 0.1) is 5.56 Å². The van der Waals surface area contributed by atoms with Crippen LogP contribution in [0.25, 0.3) is 0 Å². The predicted molar refractivity (Wildman–Crippen MR) is 126 cm³/mol. The summed E-state index contributed by atoms with van der Waals surface area (Å²) in [5, 5.41) is 5.14. The Morgan fingerprint density at radius 2 is 1.30 bits per heavy atom. The molecule has 33 heavy (non-hydrogen) atoms. The van der Waals surface area contributed by atoms with Crippen molar-refractivity contribution < 1.29 is 17.7 Å². The molecule has 0 bridgehead atoms. The molecule has 2 nitrogen and oxygen atoms in total. The van der Waals surface area contributed by atoms with Crippen LogP contribution in [0.5, 0.6) is 0 Å². The molecule has 0 heterocycles. The summed E-state index contributed by atoms with van der Waals surface area (Å²) in [5.41, 5.74) is 0.153. The Labute approximate surface area is 192 Å². The number of alkyl halides is 3. The van der Waals surface area contributed by atoms with Gasteiger partial charge in [-0.1, -0.05) is 62.4 Å². The third-order valence-electron chi connectivity index (χ3n) is 7.52. The zero-order chi connectivity index (χ0) is 23.5. The summed E-state index contributed by atoms with van der Waals surface area (Å²) in [6.07, 6.45) is -2.52. The number of nitrogens with one attached hydrogen (secondary N) is 1. The van der Waals surface area contributed by atoms with Gasteiger partial charge in [0.15, 0.2) is 0 Å². The second-order valence-corrected chi connectivity index (χ2v) is 12.3. The van der Waals surface area contributed by atoms with Crippen molar-refractivity contribution >= 4 is 17.9 Å². The number of rotatable bonds is 7. The highest BCUT2D eigenvalue weighted by Gasteiger charge is 2.86. The van der Waals surface area contributed by atoms with Crippen LogP contribution in [0.2, 0.25) is 0 Å². The van der Waals surface area contributed by atoms with E-state index in [1.165, 1.54) is 12.1 Å². The minimum atomic E-state index is -4.33. The molecule has 172 valence electrons. The lowest BCUT2D eigenvalue weighted by Gasteiger charge is -2.31. The normalized spacial score (nSPS) is 24.9. The number of hydrogen-bond donors (Lipinski definition) is 1. The highest BCUT2D eigenvalue weighted by Crippen LogP contribution is 2.88. The van der Waals surface area contributed by atoms with Crippen LogP contribution in [0.4, 0.5) is 13.2 Å². The Morgan fingerprint density at radius 1 is 0.818 bits per heavy atom. The Bertz CT molecular complexity index is 1140. The Morgan fingerprint density at radius 3 is 1.73 bits per heavy atom. The average molecular weight is 469 g/mol. The van der Waals surface area contributed by atoms with Gasteiger partial charge in [-0.2, -0.15) is 13.2 Å². The van der Waals surface area contributed by atoms with Crippen molar-refractivity contribution in [2.75, 3.05) is 0 Å². The first kappa shape index (κ1) is 22.4. The quantitative estimate of drug-likeness (QED) is 0.413. The topological polar surface area (TPSA) is 29.1 Å². The molecule has 1 unspecified atom stereocenters. The van der Waals surface area contributed by atoms with Crippen LogP contribution < -0.4 is 15.7 Å². The summed E-state index contributed by atoms with van der Waals surface area (Å²) in [4.78, 5) is 0. The maximum atomic E-state index is 14.6. The lowest BCUT2D eigenvalue weighted by Crippen LogP contribution is -2.41. The highest BCUT2D eigenvalue weighted by atomic mass is 31.2. The van der Waals surface area contributed by atoms with E-state index in [0.717, 1.165) is 29.0 Å². The third-order valence-corrected chi connectivity index (χ3v) is 10.2. The van der Waals surface area contributed by atoms with Gasteiger partial charge >= 0.3 is 6.18 Å². The van der Waals surface area contributed by atoms with Gasteiger partial charge in [-0.25, -0.2) is 0 Å². The smallest absolute Gasteiger partial charge is 0.297 e. The Hall–Kier alpha value is -2.36. The molecule has 0 radical (unpaired) electrons. The number of halogens is 3. The molecule has 1 atom stereocenters. The summed E-state index contributed by atoms with van der Waals surface area (Å²) in [7, 11) is -3.11. The fraction of sp³-hybridized carbons (Fsp3) is 0.333. The molecular weight excluding hydrogens is 442 g/mol. The van der Waals surface area contributed by atoms with Gasteiger partial charge in [0.25, 0.3) is 0 Å². The van der Waals surface area contributed by atoms with Crippen LogP contribution in [-0.2, 0) is 16.2 Å². The van der Waals surface area contributed by atoms with Gasteiger partial charge in [-0.05, 0) is 66.1 Å². The molecule has 2 fully saturated rings. The molecule has 0 amide bonds. The van der Waals surface area contributed by atoms with E-state index in [4.69, 9.17) is 0 Å². The zero-order valence-electron chi connectivity index (χ0n) is 18.6. The molecule has 2 aliphatic carbocycles. The van der Waals surface area contributed by atoms with Crippen molar-refractivity contribution in [3.63, 3.8) is 0 Å². The van der Waals surface area contributed by atoms with Gasteiger partial charge in [0.1, 0.15) is 0 Å². The lowest BCUT2D eigenvalue weighted by atomic mass is 9.94. The van der Waals surface area contributed by atoms with E-state index in [1.54, 1.807) is 12.1 Å². The van der Waals surface area contributed by atoms with Crippen LogP contribution >= 0.6 is 7.29 Å². The van der Waals surface area contributed by atoms with E-state index in [-0.39, 0.29) is 22.8 Å². The summed E-state index contributed by atoms with van der Waals surface area (Å²) >= 11 is 0. The van der Waals surface area contributed by atoms with Crippen LogP contribution in [0, 0.1) is 11.3 Å². The SMILES string of the molecule is CC(C)C(NP(=O)(c1ccccc1)c1ccccc1)C12CC1(c1ccc(C(F)(F)F)cc1)C2. The van der Waals surface area contributed by atoms with Crippen molar-refractivity contribution in [2.45, 2.75) is 44.3 Å². The number of fused-ring (bicyclic) bond motifs is 1. The maximum absolute atomic E-state index is 14.6. The summed E-state index contributed by atoms with van der Waals surface area (Å²) < 4.78 is 53.6. The molecule has 0 aliphatic heterocycles. The van der Waals surface area contributed by atoms with Crippen molar-refractivity contribution in [3.8, 4) is 0 Å². The number of hydrogen-bond acceptors (Lipinski definition) is 1. The summed E-state index contributed by atoms with van der Waals surface area (Å²) in [6.45, 7) is 4.25. The van der Waals surface area contributed by atoms with Gasteiger partial charge in [-0.15, -0.1) is 0 Å². The molecule has 0 saturated heterocycles. The third kappa shape index (κ3) is 3.57. The molecule has 0 spiro atoms. The largest absolute Gasteiger partial charge is 0.416 e. The molecule has 3 aromatic carbocycles. The van der Waals surface area contributed by atoms with Crippen LogP contribution in [0.15, 0.2) is 84.9 Å². The minimum absolute atomic E-state index is 0.0222. The molecular formula is C27H27F3NOP. The maximum Gasteiger partial charge on any atom is 0.416 e. The monoisotopic (exact) mass is 469 g/mol. The predicted octanol–water partition coefficient (Wildman–Crippen LogP) is 6.28. The molecule has 6 heteroatoms. The second-order valence-electron chi connectivity index (χ2n) is 9.80. The number of benzene rings is 3. The van der Waals surface area contributed by atoms with Gasteiger partial charge in [0, 0.05) is 22.1 Å². The minimum Gasteiger partial charge on any atom is -0.297 e. The lowest BCUT2D eigenvalue weighted by molar-refractivity contribution is -0.137. The standard InChI is InChI=1S/C27H27F3NOP/c1-19(2)24(26-17-25(26,18-26)20-13-15-21(16-14-20)27(28,29)30)31-33(32,22-9-5-3-6-10-22)23-11-7-4-8-12-23/h3-16,19,24H,17-18H2,1-2H3,(H,31,32). The fourth-order valence-corrected chi connectivity index (χ4v) is 8.32. The first-order chi connectivity index (χ1) is 15.6. The van der Waals surface area contributed by atoms with E-state index in [1.807, 2.05) is 60.7 Å². The highest BCUT2D eigenvalue weighted by molar-refractivity contribution is 7.76. The van der Waals surface area contributed by atoms with Gasteiger partial charge in [-0.3, -0.25) is 9.65 Å². The Kier molecular flexibility index (Phi) is 5.15. The van der Waals surface area contributed by atoms with Crippen molar-refractivity contribution in [1.29, 1.82) is 0 Å². The van der Waals surface area contributed by atoms with E-state index in [9.17, 15) is 17.7 Å². The average Bonchev–Trinajstić information content (AvgIpc) is 3.66. The summed E-state index contributed by atoms with van der Waals surface area (Å²) in [6, 6.07) is 24.6. The van der Waals surface area contributed by atoms with E-state index in [2.05, 4.69) is 18.9 Å². The fourth-order valence-electron chi connectivity index (χ4n) is 5.60. The molecule has 2 aliphatic rings.